The average Bonchev–Trinajstić information content (AvgIpc) is 2.91. The minimum atomic E-state index is -1.46. The molecule has 1 aliphatic heterocycles. The summed E-state index contributed by atoms with van der Waals surface area (Å²) in [4.78, 5) is 37.1. The van der Waals surface area contributed by atoms with Crippen LogP contribution in [0, 0.1) is 0 Å². The van der Waals surface area contributed by atoms with Gasteiger partial charge in [-0.15, -0.1) is 0 Å². The average molecular weight is 583 g/mol. The maximum absolute atomic E-state index is 12.9. The van der Waals surface area contributed by atoms with E-state index in [1.807, 2.05) is 19.9 Å². The van der Waals surface area contributed by atoms with Gasteiger partial charge in [0.1, 0.15) is 28.9 Å². The molecular weight excluding hydrogens is 548 g/mol. The zero-order valence-corrected chi connectivity index (χ0v) is 23.9. The van der Waals surface area contributed by atoms with Crippen molar-refractivity contribution in [3.63, 3.8) is 0 Å². The van der Waals surface area contributed by atoms with Crippen molar-refractivity contribution in [2.45, 2.75) is 64.3 Å². The molecule has 12 heteroatoms. The summed E-state index contributed by atoms with van der Waals surface area (Å²) in [6.07, 6.45) is -3.48. The van der Waals surface area contributed by atoms with Crippen LogP contribution in [-0.2, 0) is 20.6 Å². The molecule has 0 radical (unpaired) electrons. The second-order valence-electron chi connectivity index (χ2n) is 10.7. The Morgan fingerprint density at radius 2 is 1.88 bits per heavy atom. The molecule has 2 aromatic carbocycles. The first-order valence-electron chi connectivity index (χ1n) is 13.1. The SMILES string of the molecule is CO[C@@H]1[C@H](OC(N)=O)[C@H](O)C(Oc2ccc3cc(NC(=O)c4ccc(O)c(CC=C(C)C)c4)c(=O)oc3c2)OC1(C)C. The predicted molar refractivity (Wildman–Crippen MR) is 153 cm³/mol. The number of phenols is 1. The number of hydrogen-bond donors (Lipinski definition) is 4. The van der Waals surface area contributed by atoms with Gasteiger partial charge in [0.25, 0.3) is 5.91 Å². The number of anilines is 1. The lowest BCUT2D eigenvalue weighted by Gasteiger charge is -2.47. The number of ether oxygens (including phenoxy) is 4. The van der Waals surface area contributed by atoms with Crippen LogP contribution in [0.3, 0.4) is 0 Å². The van der Waals surface area contributed by atoms with E-state index in [4.69, 9.17) is 29.1 Å². The minimum Gasteiger partial charge on any atom is -0.508 e. The van der Waals surface area contributed by atoms with Crippen LogP contribution in [0.4, 0.5) is 10.5 Å². The molecule has 12 nitrogen and oxygen atoms in total. The molecule has 0 spiro atoms. The number of fused-ring (bicyclic) bond motifs is 1. The van der Waals surface area contributed by atoms with E-state index >= 15 is 0 Å². The highest BCUT2D eigenvalue weighted by atomic mass is 16.7. The van der Waals surface area contributed by atoms with Crippen LogP contribution < -0.4 is 21.4 Å². The molecule has 0 aliphatic carbocycles. The number of aromatic hydroxyl groups is 1. The van der Waals surface area contributed by atoms with Gasteiger partial charge in [-0.25, -0.2) is 9.59 Å². The van der Waals surface area contributed by atoms with Crippen molar-refractivity contribution in [2.24, 2.45) is 5.73 Å². The monoisotopic (exact) mass is 582 g/mol. The summed E-state index contributed by atoms with van der Waals surface area (Å²) in [7, 11) is 1.39. The Morgan fingerprint density at radius 1 is 1.14 bits per heavy atom. The summed E-state index contributed by atoms with van der Waals surface area (Å²) < 4.78 is 27.7. The molecule has 42 heavy (non-hydrogen) atoms. The lowest BCUT2D eigenvalue weighted by Crippen LogP contribution is -2.65. The summed E-state index contributed by atoms with van der Waals surface area (Å²) in [6, 6.07) is 10.5. The van der Waals surface area contributed by atoms with Crippen LogP contribution in [0.1, 0.15) is 43.6 Å². The lowest BCUT2D eigenvalue weighted by molar-refractivity contribution is -0.304. The van der Waals surface area contributed by atoms with E-state index in [1.165, 1.54) is 31.4 Å². The van der Waals surface area contributed by atoms with Crippen LogP contribution in [0.5, 0.6) is 11.5 Å². The van der Waals surface area contributed by atoms with Gasteiger partial charge in [0.15, 0.2) is 12.2 Å². The summed E-state index contributed by atoms with van der Waals surface area (Å²) in [6.45, 7) is 7.23. The van der Waals surface area contributed by atoms with Gasteiger partial charge in [0.2, 0.25) is 6.29 Å². The third-order valence-electron chi connectivity index (χ3n) is 6.80. The second kappa shape index (κ2) is 12.2. The number of carbonyl (C=O) groups excluding carboxylic acids is 2. The maximum atomic E-state index is 12.9. The number of nitrogens with one attached hydrogen (secondary N) is 1. The zero-order valence-electron chi connectivity index (χ0n) is 23.9. The van der Waals surface area contributed by atoms with Crippen molar-refractivity contribution >= 4 is 28.7 Å². The Balaban J connectivity index is 1.54. The lowest BCUT2D eigenvalue weighted by atomic mass is 9.89. The maximum Gasteiger partial charge on any atom is 0.404 e. The third kappa shape index (κ3) is 6.73. The number of nitrogens with two attached hydrogens (primary N) is 1. The van der Waals surface area contributed by atoms with Crippen molar-refractivity contribution < 1.29 is 43.2 Å². The molecule has 1 aromatic heterocycles. The second-order valence-corrected chi connectivity index (χ2v) is 10.7. The smallest absolute Gasteiger partial charge is 0.404 e. The molecule has 1 saturated heterocycles. The van der Waals surface area contributed by atoms with Crippen LogP contribution in [-0.4, -0.2) is 59.5 Å². The van der Waals surface area contributed by atoms with Gasteiger partial charge in [-0.05, 0) is 76.1 Å². The summed E-state index contributed by atoms with van der Waals surface area (Å²) in [5.41, 5.74) is 5.31. The Morgan fingerprint density at radius 3 is 2.55 bits per heavy atom. The normalized spacial score (nSPS) is 21.4. The van der Waals surface area contributed by atoms with E-state index in [1.54, 1.807) is 32.0 Å². The fraction of sp³-hybridized carbons (Fsp3) is 0.367. The van der Waals surface area contributed by atoms with Gasteiger partial charge < -0.3 is 44.6 Å². The highest BCUT2D eigenvalue weighted by Gasteiger charge is 2.53. The van der Waals surface area contributed by atoms with Gasteiger partial charge in [-0.1, -0.05) is 11.6 Å². The number of allylic oxidation sites excluding steroid dienone is 2. The molecule has 1 aliphatic rings. The van der Waals surface area contributed by atoms with Crippen molar-refractivity contribution in [1.82, 2.24) is 0 Å². The highest BCUT2D eigenvalue weighted by Crippen LogP contribution is 2.35. The number of rotatable bonds is 8. The molecule has 1 unspecified atom stereocenters. The predicted octanol–water partition coefficient (Wildman–Crippen LogP) is 3.61. The fourth-order valence-electron chi connectivity index (χ4n) is 4.73. The highest BCUT2D eigenvalue weighted by molar-refractivity contribution is 6.05. The number of aliphatic hydroxyl groups excluding tert-OH is 1. The van der Waals surface area contributed by atoms with Crippen molar-refractivity contribution in [2.75, 3.05) is 12.4 Å². The molecule has 1 fully saturated rings. The largest absolute Gasteiger partial charge is 0.508 e. The van der Waals surface area contributed by atoms with Crippen LogP contribution in [0.2, 0.25) is 0 Å². The number of primary amides is 1. The van der Waals surface area contributed by atoms with Crippen LogP contribution in [0.25, 0.3) is 11.0 Å². The number of phenolic OH excluding ortho intramolecular Hbond substituents is 1. The van der Waals surface area contributed by atoms with Gasteiger partial charge >= 0.3 is 11.7 Å². The minimum absolute atomic E-state index is 0.0661. The number of carbonyl (C=O) groups is 2. The fourth-order valence-corrected chi connectivity index (χ4v) is 4.73. The third-order valence-corrected chi connectivity index (χ3v) is 6.80. The molecule has 2 heterocycles. The van der Waals surface area contributed by atoms with Crippen molar-refractivity contribution in [1.29, 1.82) is 0 Å². The number of amides is 2. The van der Waals surface area contributed by atoms with E-state index < -0.39 is 47.8 Å². The van der Waals surface area contributed by atoms with Gasteiger partial charge in [-0.3, -0.25) is 4.79 Å². The first-order chi connectivity index (χ1) is 19.8. The van der Waals surface area contributed by atoms with Crippen LogP contribution >= 0.6 is 0 Å². The molecule has 0 bridgehead atoms. The Labute approximate surface area is 241 Å². The van der Waals surface area contributed by atoms with E-state index in [0.29, 0.717) is 17.4 Å². The first kappa shape index (κ1) is 30.6. The van der Waals surface area contributed by atoms with Gasteiger partial charge in [-0.2, -0.15) is 0 Å². The van der Waals surface area contributed by atoms with E-state index in [9.17, 15) is 24.6 Å². The van der Waals surface area contributed by atoms with Crippen molar-refractivity contribution in [3.8, 4) is 11.5 Å². The number of benzene rings is 2. The number of methoxy groups -OCH3 is 1. The molecule has 4 rings (SSSR count). The number of hydrogen-bond acceptors (Lipinski definition) is 10. The van der Waals surface area contributed by atoms with Gasteiger partial charge in [0.05, 0.1) is 5.60 Å². The molecule has 2 amide bonds. The quantitative estimate of drug-likeness (QED) is 0.226. The topological polar surface area (TPSA) is 180 Å². The Kier molecular flexibility index (Phi) is 8.90. The first-order valence-corrected chi connectivity index (χ1v) is 13.1. The molecule has 224 valence electrons. The van der Waals surface area contributed by atoms with E-state index in [-0.39, 0.29) is 28.3 Å². The van der Waals surface area contributed by atoms with E-state index in [2.05, 4.69) is 5.32 Å². The summed E-state index contributed by atoms with van der Waals surface area (Å²) >= 11 is 0. The zero-order chi connectivity index (χ0) is 30.8. The standard InChI is InChI=1S/C30H34N2O10/c1-15(2)6-7-16-12-18(9-11-21(16)33)26(35)32-20-13-17-8-10-19(14-22(17)40-27(20)36)39-28-23(34)24(41-29(31)37)25(38-5)30(3,4)42-28/h6,8-14,23-25,28,33-34H,7H2,1-5H3,(H2,31,37)(H,32,35)/t23-,24+,25+,28?/m0/s1. The van der Waals surface area contributed by atoms with Crippen LogP contribution in [0.15, 0.2) is 63.3 Å². The van der Waals surface area contributed by atoms with Gasteiger partial charge in [0, 0.05) is 24.1 Å². The molecule has 0 saturated carbocycles. The summed E-state index contributed by atoms with van der Waals surface area (Å²) in [5, 5.41) is 24.0. The Bertz CT molecular complexity index is 1570. The summed E-state index contributed by atoms with van der Waals surface area (Å²) in [5.74, 6) is -0.298. The molecule has 4 atom stereocenters. The molecule has 3 aromatic rings. The molecule has 5 N–H and O–H groups in total. The number of aliphatic hydroxyl groups is 1. The van der Waals surface area contributed by atoms with E-state index in [0.717, 1.165) is 5.57 Å². The van der Waals surface area contributed by atoms with Crippen molar-refractivity contribution in [3.05, 3.63) is 75.7 Å². The molecular formula is C30H34N2O10. The Hall–Kier alpha value is -4.39.